The van der Waals surface area contributed by atoms with E-state index >= 15 is 0 Å². The molecule has 0 atom stereocenters. The summed E-state index contributed by atoms with van der Waals surface area (Å²) in [6, 6.07) is 13.5. The molecular formula is C21H25IN4O3. The van der Waals surface area contributed by atoms with Gasteiger partial charge in [-0.3, -0.25) is 4.99 Å². The standard InChI is InChI=1S/C21H24N4O3.HI/c1-14-4-6-15(7-5-14)20-24-17(13-28-20)10-11-23-21(22)25-16-8-9-18(26-2)19(12-16)27-3;/h4-9,12-13H,10-11H2,1-3H3,(H3,22,23,25);1H. The minimum atomic E-state index is 0. The Kier molecular flexibility index (Phi) is 8.32. The summed E-state index contributed by atoms with van der Waals surface area (Å²) in [6.07, 6.45) is 2.28. The van der Waals surface area contributed by atoms with Crippen molar-refractivity contribution in [2.75, 3.05) is 26.1 Å². The van der Waals surface area contributed by atoms with E-state index in [9.17, 15) is 0 Å². The summed E-state index contributed by atoms with van der Waals surface area (Å²) in [7, 11) is 3.18. The average molecular weight is 508 g/mol. The molecule has 0 saturated heterocycles. The summed E-state index contributed by atoms with van der Waals surface area (Å²) in [6.45, 7) is 2.54. The van der Waals surface area contributed by atoms with E-state index in [4.69, 9.17) is 19.6 Å². The maximum Gasteiger partial charge on any atom is 0.226 e. The van der Waals surface area contributed by atoms with Crippen LogP contribution in [0.3, 0.4) is 0 Å². The van der Waals surface area contributed by atoms with Crippen molar-refractivity contribution in [3.63, 3.8) is 0 Å². The van der Waals surface area contributed by atoms with Gasteiger partial charge in [-0.15, -0.1) is 24.0 Å². The Morgan fingerprint density at radius 1 is 1.10 bits per heavy atom. The lowest BCUT2D eigenvalue weighted by Gasteiger charge is -2.10. The van der Waals surface area contributed by atoms with Crippen LogP contribution in [0.25, 0.3) is 11.5 Å². The van der Waals surface area contributed by atoms with Gasteiger partial charge in [0.25, 0.3) is 0 Å². The largest absolute Gasteiger partial charge is 0.493 e. The molecule has 0 spiro atoms. The molecule has 3 aromatic rings. The quantitative estimate of drug-likeness (QED) is 0.282. The molecule has 0 radical (unpaired) electrons. The van der Waals surface area contributed by atoms with Crippen molar-refractivity contribution in [2.45, 2.75) is 13.3 Å². The zero-order chi connectivity index (χ0) is 19.9. The van der Waals surface area contributed by atoms with Crippen LogP contribution in [0.1, 0.15) is 11.3 Å². The normalized spacial score (nSPS) is 10.9. The van der Waals surface area contributed by atoms with Crippen LogP contribution in [0.2, 0.25) is 0 Å². The van der Waals surface area contributed by atoms with Crippen molar-refractivity contribution >= 4 is 35.6 Å². The van der Waals surface area contributed by atoms with E-state index in [0.717, 1.165) is 16.9 Å². The summed E-state index contributed by atoms with van der Waals surface area (Å²) >= 11 is 0. The minimum Gasteiger partial charge on any atom is -0.493 e. The van der Waals surface area contributed by atoms with Gasteiger partial charge in [0.15, 0.2) is 17.5 Å². The van der Waals surface area contributed by atoms with E-state index in [1.807, 2.05) is 37.3 Å². The third kappa shape index (κ3) is 6.11. The van der Waals surface area contributed by atoms with Gasteiger partial charge >= 0.3 is 0 Å². The van der Waals surface area contributed by atoms with Crippen molar-refractivity contribution in [1.82, 2.24) is 4.98 Å². The number of rotatable bonds is 7. The molecule has 2 aromatic carbocycles. The van der Waals surface area contributed by atoms with E-state index in [-0.39, 0.29) is 24.0 Å². The van der Waals surface area contributed by atoms with Crippen LogP contribution in [0.15, 0.2) is 58.1 Å². The molecule has 7 nitrogen and oxygen atoms in total. The Hall–Kier alpha value is -2.75. The SMILES string of the molecule is COc1ccc(NC(N)=NCCc2coc(-c3ccc(C)cc3)n2)cc1OC.I. The average Bonchev–Trinajstić information content (AvgIpc) is 3.17. The summed E-state index contributed by atoms with van der Waals surface area (Å²) < 4.78 is 16.1. The molecule has 0 aliphatic carbocycles. The lowest BCUT2D eigenvalue weighted by Crippen LogP contribution is -2.23. The summed E-state index contributed by atoms with van der Waals surface area (Å²) in [5.74, 6) is 2.19. The van der Waals surface area contributed by atoms with E-state index in [2.05, 4.69) is 15.3 Å². The Balaban J connectivity index is 0.00000300. The molecule has 0 aliphatic heterocycles. The predicted octanol–water partition coefficient (Wildman–Crippen LogP) is 4.25. The highest BCUT2D eigenvalue weighted by molar-refractivity contribution is 14.0. The molecule has 154 valence electrons. The number of hydrogen-bond acceptors (Lipinski definition) is 5. The molecule has 0 aliphatic rings. The zero-order valence-corrected chi connectivity index (χ0v) is 19.0. The number of hydrogen-bond donors (Lipinski definition) is 2. The molecule has 8 heteroatoms. The first-order valence-electron chi connectivity index (χ1n) is 8.89. The van der Waals surface area contributed by atoms with Gasteiger partial charge in [-0.1, -0.05) is 17.7 Å². The third-order valence-corrected chi connectivity index (χ3v) is 4.16. The number of anilines is 1. The van der Waals surface area contributed by atoms with Crippen LogP contribution in [0.5, 0.6) is 11.5 Å². The Labute approximate surface area is 187 Å². The number of guanidine groups is 1. The van der Waals surface area contributed by atoms with Crippen LogP contribution in [0.4, 0.5) is 5.69 Å². The summed E-state index contributed by atoms with van der Waals surface area (Å²) in [4.78, 5) is 8.84. The fourth-order valence-corrected chi connectivity index (χ4v) is 2.64. The van der Waals surface area contributed by atoms with E-state index < -0.39 is 0 Å². The Morgan fingerprint density at radius 3 is 2.52 bits per heavy atom. The maximum absolute atomic E-state index is 5.97. The topological polar surface area (TPSA) is 94.9 Å². The van der Waals surface area contributed by atoms with Crippen molar-refractivity contribution in [1.29, 1.82) is 0 Å². The van der Waals surface area contributed by atoms with E-state index in [1.165, 1.54) is 5.56 Å². The number of oxazole rings is 1. The first-order valence-corrected chi connectivity index (χ1v) is 8.89. The number of aryl methyl sites for hydroxylation is 1. The van der Waals surface area contributed by atoms with Crippen LogP contribution in [0, 0.1) is 6.92 Å². The van der Waals surface area contributed by atoms with Gasteiger partial charge in [0, 0.05) is 30.3 Å². The molecule has 0 amide bonds. The molecule has 0 unspecified atom stereocenters. The second-order valence-electron chi connectivity index (χ2n) is 6.22. The van der Waals surface area contributed by atoms with Gasteiger partial charge in [-0.2, -0.15) is 0 Å². The Bertz CT molecular complexity index is 955. The molecule has 3 rings (SSSR count). The van der Waals surface area contributed by atoms with Gasteiger partial charge in [0.1, 0.15) is 6.26 Å². The second-order valence-corrected chi connectivity index (χ2v) is 6.22. The second kappa shape index (κ2) is 10.7. The Morgan fingerprint density at radius 2 is 1.83 bits per heavy atom. The molecule has 1 aromatic heterocycles. The third-order valence-electron chi connectivity index (χ3n) is 4.16. The van der Waals surface area contributed by atoms with Crippen molar-refractivity contribution in [3.05, 3.63) is 60.0 Å². The zero-order valence-electron chi connectivity index (χ0n) is 16.6. The highest BCUT2D eigenvalue weighted by atomic mass is 127. The van der Waals surface area contributed by atoms with Crippen LogP contribution in [-0.2, 0) is 6.42 Å². The van der Waals surface area contributed by atoms with Crippen molar-refractivity contribution in [2.24, 2.45) is 10.7 Å². The highest BCUT2D eigenvalue weighted by Gasteiger charge is 2.07. The lowest BCUT2D eigenvalue weighted by atomic mass is 10.1. The highest BCUT2D eigenvalue weighted by Crippen LogP contribution is 2.29. The van der Waals surface area contributed by atoms with Crippen LogP contribution in [-0.4, -0.2) is 31.7 Å². The molecule has 0 fully saturated rings. The van der Waals surface area contributed by atoms with E-state index in [1.54, 1.807) is 32.6 Å². The number of aromatic nitrogens is 1. The first kappa shape index (κ1) is 22.5. The fraction of sp³-hybridized carbons (Fsp3) is 0.238. The summed E-state index contributed by atoms with van der Waals surface area (Å²) in [5.41, 5.74) is 9.71. The smallest absolute Gasteiger partial charge is 0.226 e. The number of benzene rings is 2. The molecule has 0 saturated carbocycles. The molecular weight excluding hydrogens is 483 g/mol. The number of methoxy groups -OCH3 is 2. The summed E-state index contributed by atoms with van der Waals surface area (Å²) in [5, 5.41) is 3.04. The number of nitrogens with one attached hydrogen (secondary N) is 1. The van der Waals surface area contributed by atoms with Crippen molar-refractivity contribution < 1.29 is 13.9 Å². The molecule has 0 bridgehead atoms. The maximum atomic E-state index is 5.97. The number of halogens is 1. The first-order chi connectivity index (χ1) is 13.6. The minimum absolute atomic E-state index is 0. The number of ether oxygens (including phenoxy) is 2. The number of nitrogens with two attached hydrogens (primary N) is 1. The van der Waals surface area contributed by atoms with Crippen molar-refractivity contribution in [3.8, 4) is 23.0 Å². The van der Waals surface area contributed by atoms with Crippen LogP contribution >= 0.6 is 24.0 Å². The molecule has 1 heterocycles. The molecule has 3 N–H and O–H groups in total. The van der Waals surface area contributed by atoms with E-state index in [0.29, 0.717) is 36.3 Å². The van der Waals surface area contributed by atoms with Gasteiger partial charge in [0.2, 0.25) is 5.89 Å². The number of nitrogens with zero attached hydrogens (tertiary/aromatic N) is 2. The predicted molar refractivity (Wildman–Crippen MR) is 125 cm³/mol. The fourth-order valence-electron chi connectivity index (χ4n) is 2.64. The van der Waals surface area contributed by atoms with Gasteiger partial charge < -0.3 is 24.9 Å². The lowest BCUT2D eigenvalue weighted by molar-refractivity contribution is 0.355. The monoisotopic (exact) mass is 508 g/mol. The van der Waals surface area contributed by atoms with Gasteiger partial charge in [-0.25, -0.2) is 4.98 Å². The van der Waals surface area contributed by atoms with Crippen LogP contribution < -0.4 is 20.5 Å². The van der Waals surface area contributed by atoms with Gasteiger partial charge in [0.05, 0.1) is 19.9 Å². The molecule has 29 heavy (non-hydrogen) atoms. The van der Waals surface area contributed by atoms with Gasteiger partial charge in [-0.05, 0) is 31.2 Å². The number of aliphatic imine (C=N–C) groups is 1.